The van der Waals surface area contributed by atoms with Crippen molar-refractivity contribution < 1.29 is 9.53 Å². The van der Waals surface area contributed by atoms with E-state index in [9.17, 15) is 4.79 Å². The number of hydrogen-bond donors (Lipinski definition) is 2. The Bertz CT molecular complexity index is 314. The summed E-state index contributed by atoms with van der Waals surface area (Å²) in [5.74, 6) is 0.178. The molecule has 2 atom stereocenters. The van der Waals surface area contributed by atoms with Gasteiger partial charge in [0.05, 0.1) is 6.10 Å². The second-order valence-corrected chi connectivity index (χ2v) is 5.82. The van der Waals surface area contributed by atoms with Crippen molar-refractivity contribution in [2.75, 3.05) is 33.3 Å². The number of rotatable bonds is 8. The molecule has 0 spiro atoms. The first-order valence-electron chi connectivity index (χ1n) is 7.45. The van der Waals surface area contributed by atoms with E-state index in [-0.39, 0.29) is 5.91 Å². The maximum absolute atomic E-state index is 11.9. The molecule has 0 bridgehead atoms. The van der Waals surface area contributed by atoms with Crippen molar-refractivity contribution in [1.29, 1.82) is 0 Å². The van der Waals surface area contributed by atoms with E-state index in [4.69, 9.17) is 10.5 Å². The number of primary amides is 1. The average molecular weight is 269 g/mol. The van der Waals surface area contributed by atoms with Gasteiger partial charge in [0.25, 0.3) is 0 Å². The highest BCUT2D eigenvalue weighted by molar-refractivity contribution is 5.86. The summed E-state index contributed by atoms with van der Waals surface area (Å²) in [6, 6.07) is 0. The van der Waals surface area contributed by atoms with Crippen LogP contribution in [0, 0.1) is 5.92 Å². The lowest BCUT2D eigenvalue weighted by atomic mass is 9.91. The van der Waals surface area contributed by atoms with Gasteiger partial charge in [-0.2, -0.15) is 0 Å². The lowest BCUT2D eigenvalue weighted by Crippen LogP contribution is -2.62. The largest absolute Gasteiger partial charge is 0.377 e. The zero-order valence-electron chi connectivity index (χ0n) is 12.2. The summed E-state index contributed by atoms with van der Waals surface area (Å²) < 4.78 is 5.69. The first kappa shape index (κ1) is 14.8. The van der Waals surface area contributed by atoms with E-state index < -0.39 is 5.54 Å². The van der Waals surface area contributed by atoms with Gasteiger partial charge in [0, 0.05) is 19.7 Å². The van der Waals surface area contributed by atoms with Gasteiger partial charge in [-0.05, 0) is 45.2 Å². The highest BCUT2D eigenvalue weighted by Gasteiger charge is 2.49. The normalized spacial score (nSPS) is 26.6. The van der Waals surface area contributed by atoms with Gasteiger partial charge in [0.2, 0.25) is 5.91 Å². The van der Waals surface area contributed by atoms with E-state index >= 15 is 0 Å². The summed E-state index contributed by atoms with van der Waals surface area (Å²) >= 11 is 0. The number of carbonyl (C=O) groups excluding carboxylic acids is 1. The molecule has 2 rings (SSSR count). The minimum atomic E-state index is -0.561. The maximum Gasteiger partial charge on any atom is 0.239 e. The summed E-state index contributed by atoms with van der Waals surface area (Å²) in [6.07, 6.45) is 4.80. The molecule has 1 aliphatic carbocycles. The maximum atomic E-state index is 11.9. The van der Waals surface area contributed by atoms with Crippen molar-refractivity contribution in [2.24, 2.45) is 11.7 Å². The van der Waals surface area contributed by atoms with Gasteiger partial charge in [0.1, 0.15) is 5.54 Å². The second kappa shape index (κ2) is 6.20. The van der Waals surface area contributed by atoms with Crippen LogP contribution in [0.1, 0.15) is 32.6 Å². The van der Waals surface area contributed by atoms with E-state index in [1.165, 1.54) is 0 Å². The number of likely N-dealkylation sites (N-methyl/N-ethyl adjacent to an activating group) is 2. The number of hydrogen-bond acceptors (Lipinski definition) is 4. The molecule has 1 heterocycles. The second-order valence-electron chi connectivity index (χ2n) is 5.82. The van der Waals surface area contributed by atoms with Crippen LogP contribution in [0.2, 0.25) is 0 Å². The molecule has 5 nitrogen and oxygen atoms in total. The van der Waals surface area contributed by atoms with Crippen molar-refractivity contribution in [3.63, 3.8) is 0 Å². The monoisotopic (exact) mass is 269 g/mol. The topological polar surface area (TPSA) is 67.6 Å². The van der Waals surface area contributed by atoms with Crippen LogP contribution < -0.4 is 11.1 Å². The Morgan fingerprint density at radius 1 is 1.47 bits per heavy atom. The quantitative estimate of drug-likeness (QED) is 0.667. The number of nitrogens with one attached hydrogen (secondary N) is 1. The molecule has 2 aliphatic rings. The number of carbonyl (C=O) groups is 1. The number of ether oxygens (including phenoxy) is 1. The highest BCUT2D eigenvalue weighted by atomic mass is 16.5. The van der Waals surface area contributed by atoms with Crippen LogP contribution in [0.5, 0.6) is 0 Å². The van der Waals surface area contributed by atoms with Crippen molar-refractivity contribution in [3.05, 3.63) is 0 Å². The predicted octanol–water partition coefficient (Wildman–Crippen LogP) is 0.341. The van der Waals surface area contributed by atoms with Gasteiger partial charge in [-0.1, -0.05) is 6.92 Å². The molecule has 3 N–H and O–H groups in total. The Kier molecular flexibility index (Phi) is 4.81. The van der Waals surface area contributed by atoms with Crippen LogP contribution in [-0.2, 0) is 9.53 Å². The highest BCUT2D eigenvalue weighted by Crippen LogP contribution is 2.40. The zero-order valence-corrected chi connectivity index (χ0v) is 12.2. The standard InChI is InChI=1S/C14H27N3O2/c1-3-17(9-12-5-4-8-19-12)10-14(16-2,13(15)18)11-6-7-11/h11-12,16H,3-10H2,1-2H3,(H2,15,18). The molecule has 0 aromatic heterocycles. The van der Waals surface area contributed by atoms with Gasteiger partial charge in [0.15, 0.2) is 0 Å². The summed E-state index contributed by atoms with van der Waals surface area (Å²) in [6.45, 7) is 5.52. The van der Waals surface area contributed by atoms with Crippen LogP contribution in [0.4, 0.5) is 0 Å². The summed E-state index contributed by atoms with van der Waals surface area (Å²) in [4.78, 5) is 14.2. The molecule has 1 aliphatic heterocycles. The molecule has 0 aromatic carbocycles. The number of nitrogens with two attached hydrogens (primary N) is 1. The fourth-order valence-corrected chi connectivity index (χ4v) is 3.13. The first-order valence-corrected chi connectivity index (χ1v) is 7.45. The van der Waals surface area contributed by atoms with E-state index in [0.717, 1.165) is 45.4 Å². The van der Waals surface area contributed by atoms with Gasteiger partial charge >= 0.3 is 0 Å². The van der Waals surface area contributed by atoms with E-state index in [1.54, 1.807) is 0 Å². The predicted molar refractivity (Wildman–Crippen MR) is 74.8 cm³/mol. The van der Waals surface area contributed by atoms with E-state index in [1.807, 2.05) is 7.05 Å². The average Bonchev–Trinajstić information content (AvgIpc) is 3.13. The molecule has 2 unspecified atom stereocenters. The van der Waals surface area contributed by atoms with E-state index in [0.29, 0.717) is 18.6 Å². The third kappa shape index (κ3) is 3.27. The summed E-state index contributed by atoms with van der Waals surface area (Å²) in [5.41, 5.74) is 5.11. The molecule has 110 valence electrons. The summed E-state index contributed by atoms with van der Waals surface area (Å²) in [7, 11) is 1.85. The van der Waals surface area contributed by atoms with Crippen molar-refractivity contribution in [3.8, 4) is 0 Å². The van der Waals surface area contributed by atoms with Crippen LogP contribution in [0.15, 0.2) is 0 Å². The molecule has 1 saturated carbocycles. The SMILES string of the molecule is CCN(CC1CCCO1)CC(NC)(C(N)=O)C1CC1. The van der Waals surface area contributed by atoms with Crippen LogP contribution in [0.25, 0.3) is 0 Å². The Labute approximate surface area is 115 Å². The van der Waals surface area contributed by atoms with Crippen molar-refractivity contribution in [1.82, 2.24) is 10.2 Å². The van der Waals surface area contributed by atoms with E-state index in [2.05, 4.69) is 17.1 Å². The molecule has 1 saturated heterocycles. The minimum absolute atomic E-state index is 0.219. The van der Waals surface area contributed by atoms with Crippen molar-refractivity contribution >= 4 is 5.91 Å². The molecule has 2 fully saturated rings. The third-order valence-electron chi connectivity index (χ3n) is 4.57. The van der Waals surface area contributed by atoms with Gasteiger partial charge < -0.3 is 15.8 Å². The van der Waals surface area contributed by atoms with Gasteiger partial charge in [-0.15, -0.1) is 0 Å². The van der Waals surface area contributed by atoms with Crippen LogP contribution >= 0.6 is 0 Å². The molecule has 0 aromatic rings. The number of nitrogens with zero attached hydrogens (tertiary/aromatic N) is 1. The van der Waals surface area contributed by atoms with Crippen LogP contribution in [-0.4, -0.2) is 55.7 Å². The molecule has 19 heavy (non-hydrogen) atoms. The van der Waals surface area contributed by atoms with Crippen LogP contribution in [0.3, 0.4) is 0 Å². The lowest BCUT2D eigenvalue weighted by Gasteiger charge is -2.36. The molecular weight excluding hydrogens is 242 g/mol. The lowest BCUT2D eigenvalue weighted by molar-refractivity contribution is -0.126. The minimum Gasteiger partial charge on any atom is -0.377 e. The molecule has 5 heteroatoms. The molecular formula is C14H27N3O2. The van der Waals surface area contributed by atoms with Gasteiger partial charge in [-0.25, -0.2) is 0 Å². The first-order chi connectivity index (χ1) is 9.12. The molecule has 0 radical (unpaired) electrons. The Balaban J connectivity index is 1.98. The van der Waals surface area contributed by atoms with Gasteiger partial charge in [-0.3, -0.25) is 9.69 Å². The Morgan fingerprint density at radius 3 is 2.63 bits per heavy atom. The van der Waals surface area contributed by atoms with Crippen molar-refractivity contribution in [2.45, 2.75) is 44.2 Å². The fraction of sp³-hybridized carbons (Fsp3) is 0.929. The Hall–Kier alpha value is -0.650. The smallest absolute Gasteiger partial charge is 0.239 e. The fourth-order valence-electron chi connectivity index (χ4n) is 3.13. The summed E-state index contributed by atoms with van der Waals surface area (Å²) in [5, 5.41) is 3.21. The third-order valence-corrected chi connectivity index (χ3v) is 4.57. The Morgan fingerprint density at radius 2 is 2.21 bits per heavy atom. The number of amides is 1. The zero-order chi connectivity index (χ0) is 13.9. The molecule has 1 amide bonds.